The SMILES string of the molecule is CC(C)(C)C1CCC(C(C)(C)C)C1.CC(C)(C)C1CCC(C(C)(C)C)CC1.CC(C)(C)c1ccc(C(C)(C)C)cc1.CC(C)(C)c1cccc(C(C)(C)C)c1. The lowest BCUT2D eigenvalue weighted by atomic mass is 9.64. The Morgan fingerprint density at radius 2 is 0.509 bits per heavy atom. The van der Waals surface area contributed by atoms with Crippen molar-refractivity contribution in [2.75, 3.05) is 0 Å². The number of rotatable bonds is 0. The fourth-order valence-corrected chi connectivity index (χ4v) is 8.30. The fourth-order valence-electron chi connectivity index (χ4n) is 8.30. The Morgan fingerprint density at radius 3 is 0.691 bits per heavy atom. The molecule has 4 rings (SSSR count). The summed E-state index contributed by atoms with van der Waals surface area (Å²) in [5.74, 6) is 3.83. The Bertz CT molecular complexity index is 1260. The van der Waals surface area contributed by atoms with Crippen LogP contribution in [-0.4, -0.2) is 0 Å². The van der Waals surface area contributed by atoms with Gasteiger partial charge in [-0.15, -0.1) is 0 Å². The lowest BCUT2D eigenvalue weighted by molar-refractivity contribution is 0.0970. The van der Waals surface area contributed by atoms with Gasteiger partial charge in [-0.05, 0) is 134 Å². The molecular formula is C55H98. The van der Waals surface area contributed by atoms with Gasteiger partial charge in [0.15, 0.2) is 0 Å². The van der Waals surface area contributed by atoms with Gasteiger partial charge in [-0.25, -0.2) is 0 Å². The molecule has 0 N–H and O–H groups in total. The number of hydrogen-bond donors (Lipinski definition) is 0. The average Bonchev–Trinajstić information content (AvgIpc) is 3.53. The summed E-state index contributed by atoms with van der Waals surface area (Å²) in [7, 11) is 0. The van der Waals surface area contributed by atoms with E-state index >= 15 is 0 Å². The quantitative estimate of drug-likeness (QED) is 0.251. The largest absolute Gasteiger partial charge is 0.0617 e. The molecule has 2 aromatic rings. The summed E-state index contributed by atoms with van der Waals surface area (Å²) in [6.45, 7) is 55.8. The summed E-state index contributed by atoms with van der Waals surface area (Å²) in [6, 6.07) is 17.9. The Kier molecular flexibility index (Phi) is 17.8. The Morgan fingerprint density at radius 1 is 0.291 bits per heavy atom. The van der Waals surface area contributed by atoms with Gasteiger partial charge in [0.1, 0.15) is 0 Å². The molecule has 0 aromatic heterocycles. The second kappa shape index (κ2) is 19.0. The van der Waals surface area contributed by atoms with Crippen molar-refractivity contribution >= 4 is 0 Å². The maximum atomic E-state index is 2.40. The molecule has 0 bridgehead atoms. The minimum atomic E-state index is 0.251. The third-order valence-corrected chi connectivity index (χ3v) is 13.3. The van der Waals surface area contributed by atoms with Crippen LogP contribution >= 0.6 is 0 Å². The van der Waals surface area contributed by atoms with E-state index in [1.807, 2.05) is 0 Å². The monoisotopic (exact) mass is 759 g/mol. The third kappa shape index (κ3) is 18.3. The lowest BCUT2D eigenvalue weighted by Gasteiger charge is -2.41. The van der Waals surface area contributed by atoms with Crippen molar-refractivity contribution in [1.29, 1.82) is 0 Å². The van der Waals surface area contributed by atoms with Gasteiger partial charge in [-0.3, -0.25) is 0 Å². The zero-order valence-electron chi connectivity index (χ0n) is 41.9. The van der Waals surface area contributed by atoms with E-state index in [1.54, 1.807) is 0 Å². The predicted octanol–water partition coefficient (Wildman–Crippen LogP) is 17.9. The summed E-state index contributed by atoms with van der Waals surface area (Å²) in [4.78, 5) is 0. The van der Waals surface area contributed by atoms with Crippen molar-refractivity contribution in [1.82, 2.24) is 0 Å². The molecule has 0 heterocycles. The highest BCUT2D eigenvalue weighted by molar-refractivity contribution is 5.32. The van der Waals surface area contributed by atoms with Crippen LogP contribution in [0.15, 0.2) is 48.5 Å². The highest BCUT2D eigenvalue weighted by atomic mass is 14.4. The van der Waals surface area contributed by atoms with Crippen molar-refractivity contribution in [2.24, 2.45) is 45.3 Å². The van der Waals surface area contributed by atoms with Gasteiger partial charge in [0.25, 0.3) is 0 Å². The van der Waals surface area contributed by atoms with E-state index in [1.165, 1.54) is 67.2 Å². The first kappa shape index (κ1) is 51.5. The molecule has 318 valence electrons. The first-order chi connectivity index (χ1) is 24.3. The van der Waals surface area contributed by atoms with E-state index in [9.17, 15) is 0 Å². The minimum Gasteiger partial charge on any atom is -0.0617 e. The second-order valence-electron chi connectivity index (χ2n) is 26.4. The molecule has 0 aliphatic heterocycles. The molecule has 2 aliphatic carbocycles. The number of hydrogen-bond acceptors (Lipinski definition) is 0. The van der Waals surface area contributed by atoms with Crippen molar-refractivity contribution in [3.8, 4) is 0 Å². The molecule has 0 nitrogen and oxygen atoms in total. The van der Waals surface area contributed by atoms with Gasteiger partial charge < -0.3 is 0 Å². The van der Waals surface area contributed by atoms with Crippen LogP contribution < -0.4 is 0 Å². The van der Waals surface area contributed by atoms with Gasteiger partial charge in [0.2, 0.25) is 0 Å². The molecule has 2 unspecified atom stereocenters. The summed E-state index contributed by atoms with van der Waals surface area (Å²) in [5, 5.41) is 0. The molecule has 2 atom stereocenters. The maximum absolute atomic E-state index is 2.40. The van der Waals surface area contributed by atoms with Crippen molar-refractivity contribution in [3.05, 3.63) is 70.8 Å². The lowest BCUT2D eigenvalue weighted by Crippen LogP contribution is -2.30. The Labute approximate surface area is 347 Å². The minimum absolute atomic E-state index is 0.251. The first-order valence-corrected chi connectivity index (χ1v) is 22.6. The van der Waals surface area contributed by atoms with Crippen LogP contribution in [0, 0.1) is 45.3 Å². The van der Waals surface area contributed by atoms with Crippen molar-refractivity contribution < 1.29 is 0 Å². The summed E-state index contributed by atoms with van der Waals surface area (Å²) in [6.07, 6.45) is 10.2. The van der Waals surface area contributed by atoms with E-state index in [-0.39, 0.29) is 21.7 Å². The summed E-state index contributed by atoms with van der Waals surface area (Å²) >= 11 is 0. The molecule has 2 saturated carbocycles. The standard InChI is InChI=1S/C14H28.2C14H22.C13H26/c2*1-13(2,3)11-7-9-12(10-8-11)14(4,5)6;1-13(2,3)11-8-7-9-12(10-11)14(4,5)6;1-12(2,3)10-7-8-11(9-10)13(4,5)6/h11-12H,7-10H2,1-6H3;2*7-10H,1-6H3;10-11H,7-9H2,1-6H3. The van der Waals surface area contributed by atoms with Crippen LogP contribution in [0.4, 0.5) is 0 Å². The highest BCUT2D eigenvalue weighted by Crippen LogP contribution is 2.48. The molecule has 0 heteroatoms. The van der Waals surface area contributed by atoms with E-state index in [0.29, 0.717) is 21.7 Å². The molecule has 0 saturated heterocycles. The molecule has 2 aromatic carbocycles. The normalized spacial score (nSPS) is 21.7. The third-order valence-electron chi connectivity index (χ3n) is 13.3. The molecule has 0 amide bonds. The molecule has 0 spiro atoms. The topological polar surface area (TPSA) is 0 Å². The second-order valence-corrected chi connectivity index (χ2v) is 26.4. The van der Waals surface area contributed by atoms with Crippen LogP contribution in [-0.2, 0) is 21.7 Å². The maximum Gasteiger partial charge on any atom is -0.0132 e. The summed E-state index contributed by atoms with van der Waals surface area (Å²) in [5.41, 5.74) is 8.80. The zero-order valence-corrected chi connectivity index (χ0v) is 41.9. The Balaban J connectivity index is 0.000000367. The van der Waals surface area contributed by atoms with Gasteiger partial charge in [0, 0.05) is 0 Å². The fraction of sp³-hybridized carbons (Fsp3) is 0.782. The van der Waals surface area contributed by atoms with Crippen molar-refractivity contribution in [2.45, 2.75) is 233 Å². The van der Waals surface area contributed by atoms with E-state index in [0.717, 1.165) is 23.7 Å². The molecule has 0 radical (unpaired) electrons. The van der Waals surface area contributed by atoms with E-state index in [2.05, 4.69) is 215 Å². The van der Waals surface area contributed by atoms with E-state index < -0.39 is 0 Å². The van der Waals surface area contributed by atoms with Crippen molar-refractivity contribution in [3.63, 3.8) is 0 Å². The van der Waals surface area contributed by atoms with Gasteiger partial charge in [-0.1, -0.05) is 215 Å². The smallest absolute Gasteiger partial charge is 0.0132 e. The summed E-state index contributed by atoms with van der Waals surface area (Å²) < 4.78 is 0. The molecule has 2 aliphatic rings. The van der Waals surface area contributed by atoms with Crippen LogP contribution in [0.2, 0.25) is 0 Å². The van der Waals surface area contributed by atoms with Crippen LogP contribution in [0.5, 0.6) is 0 Å². The van der Waals surface area contributed by atoms with Crippen LogP contribution in [0.1, 0.15) is 233 Å². The van der Waals surface area contributed by atoms with Gasteiger partial charge in [0.05, 0.1) is 0 Å². The first-order valence-electron chi connectivity index (χ1n) is 22.6. The molecular weight excluding hydrogens is 661 g/mol. The molecule has 2 fully saturated rings. The van der Waals surface area contributed by atoms with Gasteiger partial charge in [-0.2, -0.15) is 0 Å². The van der Waals surface area contributed by atoms with E-state index in [4.69, 9.17) is 0 Å². The zero-order chi connectivity index (χ0) is 43.2. The number of benzene rings is 2. The average molecular weight is 759 g/mol. The van der Waals surface area contributed by atoms with Crippen LogP contribution in [0.3, 0.4) is 0 Å². The van der Waals surface area contributed by atoms with Crippen LogP contribution in [0.25, 0.3) is 0 Å². The highest BCUT2D eigenvalue weighted by Gasteiger charge is 2.38. The molecule has 55 heavy (non-hydrogen) atoms. The van der Waals surface area contributed by atoms with Gasteiger partial charge >= 0.3 is 0 Å². The Hall–Kier alpha value is -1.56. The predicted molar refractivity (Wildman–Crippen MR) is 252 cm³/mol.